The Kier molecular flexibility index (Phi) is 5.03. The van der Waals surface area contributed by atoms with E-state index in [1.807, 2.05) is 18.2 Å². The molecule has 0 saturated heterocycles. The molecule has 2 aliphatic heterocycles. The van der Waals surface area contributed by atoms with Gasteiger partial charge < -0.3 is 9.47 Å². The van der Waals surface area contributed by atoms with Gasteiger partial charge in [0.25, 0.3) is 0 Å². The van der Waals surface area contributed by atoms with Crippen LogP contribution in [0, 0.1) is 5.92 Å². The number of hydrogen-bond donors (Lipinski definition) is 0. The summed E-state index contributed by atoms with van der Waals surface area (Å²) in [5.41, 5.74) is 2.64. The summed E-state index contributed by atoms with van der Waals surface area (Å²) in [6.45, 7) is 2.07. The number of methoxy groups -OCH3 is 1. The van der Waals surface area contributed by atoms with E-state index in [4.69, 9.17) is 9.47 Å². The fourth-order valence-electron chi connectivity index (χ4n) is 3.19. The third kappa shape index (κ3) is 3.00. The van der Waals surface area contributed by atoms with Crippen LogP contribution < -0.4 is 0 Å². The lowest BCUT2D eigenvalue weighted by atomic mass is 9.74. The van der Waals surface area contributed by atoms with Crippen molar-refractivity contribution in [3.05, 3.63) is 44.0 Å². The Hall–Kier alpha value is -1.31. The second-order valence-electron chi connectivity index (χ2n) is 5.68. The molecule has 2 atom stereocenters. The Morgan fingerprint density at radius 2 is 2.04 bits per heavy atom. The fraction of sp³-hybridized carbons (Fsp3) is 0.353. The van der Waals surface area contributed by atoms with Crippen molar-refractivity contribution in [1.29, 1.82) is 0 Å². The number of ether oxygens (including phenoxy) is 2. The molecule has 7 heteroatoms. The average molecular weight is 457 g/mol. The van der Waals surface area contributed by atoms with Gasteiger partial charge in [0.15, 0.2) is 5.78 Å². The van der Waals surface area contributed by atoms with E-state index in [9.17, 15) is 9.59 Å². The Labute approximate surface area is 156 Å². The lowest BCUT2D eigenvalue weighted by Gasteiger charge is -2.34. The lowest BCUT2D eigenvalue weighted by Crippen LogP contribution is -2.39. The predicted octanol–water partition coefficient (Wildman–Crippen LogP) is 3.41. The molecule has 2 unspecified atom stereocenters. The van der Waals surface area contributed by atoms with Crippen LogP contribution in [0.3, 0.4) is 0 Å². The smallest absolute Gasteiger partial charge is 0.315 e. The van der Waals surface area contributed by atoms with Crippen molar-refractivity contribution in [2.75, 3.05) is 20.3 Å². The Balaban J connectivity index is 2.20. The van der Waals surface area contributed by atoms with Gasteiger partial charge in [0.2, 0.25) is 0 Å². The zero-order valence-corrected chi connectivity index (χ0v) is 16.3. The standard InChI is InChI=1S/C17H15Br2NO4/c1-8-14(17(22)23-2)15(9-3-4-10(18)11(19)5-9)16-12(20-8)6-24-7-13(16)21/h3-5,14-15H,6-7H2,1-2H3. The van der Waals surface area contributed by atoms with Crippen LogP contribution in [0.15, 0.2) is 43.4 Å². The van der Waals surface area contributed by atoms with Gasteiger partial charge in [-0.3, -0.25) is 14.6 Å². The highest BCUT2D eigenvalue weighted by Crippen LogP contribution is 2.42. The molecule has 0 spiro atoms. The molecule has 0 N–H and O–H groups in total. The summed E-state index contributed by atoms with van der Waals surface area (Å²) >= 11 is 6.93. The van der Waals surface area contributed by atoms with Crippen LogP contribution in [-0.4, -0.2) is 37.8 Å². The van der Waals surface area contributed by atoms with Crippen molar-refractivity contribution < 1.29 is 19.1 Å². The highest BCUT2D eigenvalue weighted by Gasteiger charge is 2.43. The number of ketones is 1. The lowest BCUT2D eigenvalue weighted by molar-refractivity contribution is -0.143. The monoisotopic (exact) mass is 455 g/mol. The first-order valence-electron chi connectivity index (χ1n) is 7.36. The summed E-state index contributed by atoms with van der Waals surface area (Å²) in [6, 6.07) is 5.71. The SMILES string of the molecule is COC(=O)C1C(C)=NC2=C(C(=O)COC2)C1c1ccc(Br)c(Br)c1. The number of nitrogens with zero attached hydrogens (tertiary/aromatic N) is 1. The number of carbonyl (C=O) groups is 2. The highest BCUT2D eigenvalue weighted by molar-refractivity contribution is 9.13. The van der Waals surface area contributed by atoms with Crippen molar-refractivity contribution >= 4 is 49.3 Å². The van der Waals surface area contributed by atoms with Crippen LogP contribution in [0.2, 0.25) is 0 Å². The van der Waals surface area contributed by atoms with Crippen LogP contribution in [0.25, 0.3) is 0 Å². The highest BCUT2D eigenvalue weighted by atomic mass is 79.9. The van der Waals surface area contributed by atoms with E-state index in [1.54, 1.807) is 6.92 Å². The van der Waals surface area contributed by atoms with E-state index in [0.29, 0.717) is 17.0 Å². The molecule has 0 amide bonds. The van der Waals surface area contributed by atoms with Crippen LogP contribution in [0.4, 0.5) is 0 Å². The molecule has 1 aromatic carbocycles. The van der Waals surface area contributed by atoms with Gasteiger partial charge in [0, 0.05) is 26.1 Å². The van der Waals surface area contributed by atoms with Crippen molar-refractivity contribution in [2.45, 2.75) is 12.8 Å². The van der Waals surface area contributed by atoms with Gasteiger partial charge in [-0.25, -0.2) is 0 Å². The Morgan fingerprint density at radius 3 is 2.71 bits per heavy atom. The third-order valence-electron chi connectivity index (χ3n) is 4.25. The van der Waals surface area contributed by atoms with Crippen molar-refractivity contribution in [3.63, 3.8) is 0 Å². The molecule has 0 aliphatic carbocycles. The maximum atomic E-state index is 12.5. The molecule has 2 aliphatic rings. The second kappa shape index (κ2) is 6.90. The molecule has 5 nitrogen and oxygen atoms in total. The number of carbonyl (C=O) groups excluding carboxylic acids is 2. The minimum absolute atomic E-state index is 0.00942. The number of esters is 1. The molecule has 0 aromatic heterocycles. The van der Waals surface area contributed by atoms with E-state index < -0.39 is 17.8 Å². The molecule has 0 radical (unpaired) electrons. The maximum Gasteiger partial charge on any atom is 0.315 e. The van der Waals surface area contributed by atoms with Gasteiger partial charge >= 0.3 is 5.97 Å². The average Bonchev–Trinajstić information content (AvgIpc) is 2.55. The first kappa shape index (κ1) is 17.5. The van der Waals surface area contributed by atoms with Gasteiger partial charge in [-0.1, -0.05) is 6.07 Å². The van der Waals surface area contributed by atoms with Gasteiger partial charge in [0.1, 0.15) is 12.5 Å². The van der Waals surface area contributed by atoms with E-state index in [-0.39, 0.29) is 19.0 Å². The van der Waals surface area contributed by atoms with Crippen LogP contribution in [0.5, 0.6) is 0 Å². The third-order valence-corrected chi connectivity index (χ3v) is 6.13. The number of hydrogen-bond acceptors (Lipinski definition) is 5. The maximum absolute atomic E-state index is 12.5. The van der Waals surface area contributed by atoms with Gasteiger partial charge in [-0.15, -0.1) is 0 Å². The minimum Gasteiger partial charge on any atom is -0.468 e. The zero-order chi connectivity index (χ0) is 17.4. The van der Waals surface area contributed by atoms with Crippen molar-refractivity contribution in [2.24, 2.45) is 10.9 Å². The normalized spacial score (nSPS) is 23.7. The molecule has 24 heavy (non-hydrogen) atoms. The number of Topliss-reactive ketones (excluding diaryl/α,β-unsaturated/α-hetero) is 1. The first-order valence-corrected chi connectivity index (χ1v) is 8.94. The summed E-state index contributed by atoms with van der Waals surface area (Å²) in [5, 5.41) is 0. The molecule has 0 fully saturated rings. The van der Waals surface area contributed by atoms with E-state index in [0.717, 1.165) is 14.5 Å². The fourth-order valence-corrected chi connectivity index (χ4v) is 3.83. The summed E-state index contributed by atoms with van der Waals surface area (Å²) < 4.78 is 12.0. The van der Waals surface area contributed by atoms with Crippen molar-refractivity contribution in [3.8, 4) is 0 Å². The van der Waals surface area contributed by atoms with E-state index >= 15 is 0 Å². The molecule has 126 valence electrons. The Bertz CT molecular complexity index is 785. The number of benzene rings is 1. The summed E-state index contributed by atoms with van der Waals surface area (Å²) in [7, 11) is 1.35. The number of rotatable bonds is 2. The zero-order valence-electron chi connectivity index (χ0n) is 13.1. The molecule has 1 aromatic rings. The summed E-state index contributed by atoms with van der Waals surface area (Å²) in [6.07, 6.45) is 0. The number of halogens is 2. The van der Waals surface area contributed by atoms with Crippen LogP contribution in [-0.2, 0) is 19.1 Å². The van der Waals surface area contributed by atoms with Crippen molar-refractivity contribution in [1.82, 2.24) is 0 Å². The van der Waals surface area contributed by atoms with Gasteiger partial charge in [-0.05, 0) is 56.5 Å². The molecular formula is C17H15Br2NO4. The largest absolute Gasteiger partial charge is 0.468 e. The van der Waals surface area contributed by atoms with Gasteiger partial charge in [-0.2, -0.15) is 0 Å². The topological polar surface area (TPSA) is 65.0 Å². The molecule has 0 bridgehead atoms. The minimum atomic E-state index is -0.621. The van der Waals surface area contributed by atoms with E-state index in [1.165, 1.54) is 7.11 Å². The number of aliphatic imine (C=N–C) groups is 1. The predicted molar refractivity (Wildman–Crippen MR) is 96.1 cm³/mol. The molecular weight excluding hydrogens is 442 g/mol. The summed E-state index contributed by atoms with van der Waals surface area (Å²) in [5.74, 6) is -1.58. The van der Waals surface area contributed by atoms with Crippen LogP contribution in [0.1, 0.15) is 18.4 Å². The molecule has 2 heterocycles. The summed E-state index contributed by atoms with van der Waals surface area (Å²) in [4.78, 5) is 29.4. The Morgan fingerprint density at radius 1 is 1.29 bits per heavy atom. The van der Waals surface area contributed by atoms with Gasteiger partial charge in [0.05, 0.1) is 19.4 Å². The van der Waals surface area contributed by atoms with Crippen LogP contribution >= 0.6 is 31.9 Å². The second-order valence-corrected chi connectivity index (χ2v) is 7.39. The first-order chi connectivity index (χ1) is 11.4. The quantitative estimate of drug-likeness (QED) is 0.639. The molecule has 0 saturated carbocycles. The molecule has 3 rings (SSSR count). The van der Waals surface area contributed by atoms with E-state index in [2.05, 4.69) is 36.9 Å².